The van der Waals surface area contributed by atoms with E-state index in [2.05, 4.69) is 24.2 Å². The molecule has 0 radical (unpaired) electrons. The first-order valence-electron chi connectivity index (χ1n) is 5.41. The minimum atomic E-state index is 0.221. The average molecular weight is 197 g/mol. The Balaban J connectivity index is 2.02. The number of hydrogen-bond donors (Lipinski definition) is 1. The third-order valence-corrected chi connectivity index (χ3v) is 3.25. The number of nitrogens with zero attached hydrogens (tertiary/aromatic N) is 2. The Morgan fingerprint density at radius 1 is 1.50 bits per heavy atom. The zero-order valence-electron chi connectivity index (χ0n) is 8.99. The van der Waals surface area contributed by atoms with Crippen LogP contribution in [0.15, 0.2) is 0 Å². The molecule has 4 heteroatoms. The molecule has 0 aromatic carbocycles. The van der Waals surface area contributed by atoms with Crippen molar-refractivity contribution in [2.24, 2.45) is 0 Å². The molecule has 0 aromatic rings. The molecule has 4 nitrogen and oxygen atoms in total. The second-order valence-corrected chi connectivity index (χ2v) is 4.42. The van der Waals surface area contributed by atoms with Crippen molar-refractivity contribution in [1.29, 1.82) is 0 Å². The van der Waals surface area contributed by atoms with Gasteiger partial charge in [0.2, 0.25) is 5.91 Å². The molecule has 14 heavy (non-hydrogen) atoms. The van der Waals surface area contributed by atoms with E-state index >= 15 is 0 Å². The number of hydrogen-bond acceptors (Lipinski definition) is 3. The van der Waals surface area contributed by atoms with Crippen LogP contribution < -0.4 is 5.32 Å². The Kier molecular flexibility index (Phi) is 2.74. The van der Waals surface area contributed by atoms with Gasteiger partial charge in [-0.25, -0.2) is 0 Å². The van der Waals surface area contributed by atoms with E-state index in [9.17, 15) is 4.79 Å². The van der Waals surface area contributed by atoms with Crippen molar-refractivity contribution in [2.75, 3.05) is 26.7 Å². The summed E-state index contributed by atoms with van der Waals surface area (Å²) in [6, 6.07) is 0.422. The average Bonchev–Trinajstić information content (AvgIpc) is 2.46. The van der Waals surface area contributed by atoms with Crippen LogP contribution >= 0.6 is 0 Å². The van der Waals surface area contributed by atoms with Crippen molar-refractivity contribution < 1.29 is 4.79 Å². The van der Waals surface area contributed by atoms with Crippen LogP contribution in [0.1, 0.15) is 19.8 Å². The van der Waals surface area contributed by atoms with E-state index in [1.165, 1.54) is 13.0 Å². The molecular weight excluding hydrogens is 178 g/mol. The number of carbonyl (C=O) groups excluding carboxylic acids is 1. The highest BCUT2D eigenvalue weighted by Gasteiger charge is 2.34. The molecule has 2 saturated heterocycles. The molecular formula is C10H19N3O. The quantitative estimate of drug-likeness (QED) is 0.635. The van der Waals surface area contributed by atoms with Gasteiger partial charge in [-0.2, -0.15) is 0 Å². The van der Waals surface area contributed by atoms with Gasteiger partial charge >= 0.3 is 0 Å². The van der Waals surface area contributed by atoms with Crippen molar-refractivity contribution in [3.8, 4) is 0 Å². The van der Waals surface area contributed by atoms with Gasteiger partial charge in [0.15, 0.2) is 0 Å². The third kappa shape index (κ3) is 1.77. The van der Waals surface area contributed by atoms with Gasteiger partial charge < -0.3 is 9.80 Å². The second-order valence-electron chi connectivity index (χ2n) is 4.42. The van der Waals surface area contributed by atoms with Crippen molar-refractivity contribution in [2.45, 2.75) is 32.0 Å². The number of amides is 1. The summed E-state index contributed by atoms with van der Waals surface area (Å²) in [6.07, 6.45) is 2.58. The molecule has 0 aromatic heterocycles. The largest absolute Gasteiger partial charge is 0.322 e. The summed E-state index contributed by atoms with van der Waals surface area (Å²) < 4.78 is 0. The molecule has 2 atom stereocenters. The maximum Gasteiger partial charge on any atom is 0.238 e. The standard InChI is InChI=1S/C10H19N3O/c1-8-11-6-10(14)13(8)9-4-3-5-12(2)7-9/h8-9,11H,3-7H2,1-2H3. The van der Waals surface area contributed by atoms with Gasteiger partial charge in [0.1, 0.15) is 0 Å². The first kappa shape index (κ1) is 9.93. The lowest BCUT2D eigenvalue weighted by atomic mass is 10.0. The lowest BCUT2D eigenvalue weighted by Crippen LogP contribution is -2.50. The summed E-state index contributed by atoms with van der Waals surface area (Å²) in [4.78, 5) is 16.0. The fourth-order valence-electron chi connectivity index (χ4n) is 2.53. The van der Waals surface area contributed by atoms with E-state index in [0.29, 0.717) is 12.6 Å². The van der Waals surface area contributed by atoms with Crippen molar-refractivity contribution in [3.05, 3.63) is 0 Å². The number of rotatable bonds is 1. The highest BCUT2D eigenvalue weighted by atomic mass is 16.2. The zero-order valence-corrected chi connectivity index (χ0v) is 8.99. The summed E-state index contributed by atoms with van der Waals surface area (Å²) >= 11 is 0. The smallest absolute Gasteiger partial charge is 0.238 e. The number of piperidine rings is 1. The minimum absolute atomic E-state index is 0.221. The van der Waals surface area contributed by atoms with Gasteiger partial charge in [-0.1, -0.05) is 0 Å². The van der Waals surface area contributed by atoms with Crippen LogP contribution in [-0.2, 0) is 4.79 Å². The summed E-state index contributed by atoms with van der Waals surface area (Å²) in [5.41, 5.74) is 0. The van der Waals surface area contributed by atoms with E-state index < -0.39 is 0 Å². The molecule has 2 unspecified atom stereocenters. The first-order valence-corrected chi connectivity index (χ1v) is 5.41. The molecule has 0 aliphatic carbocycles. The van der Waals surface area contributed by atoms with Crippen LogP contribution in [0.25, 0.3) is 0 Å². The predicted molar refractivity (Wildman–Crippen MR) is 54.8 cm³/mol. The van der Waals surface area contributed by atoms with E-state index in [1.54, 1.807) is 0 Å². The Morgan fingerprint density at radius 3 is 2.86 bits per heavy atom. The number of nitrogens with one attached hydrogen (secondary N) is 1. The Hall–Kier alpha value is -0.610. The molecule has 80 valence electrons. The molecule has 2 aliphatic rings. The van der Waals surface area contributed by atoms with Gasteiger partial charge in [0.25, 0.3) is 0 Å². The molecule has 2 rings (SSSR count). The van der Waals surface area contributed by atoms with Gasteiger partial charge in [-0.3, -0.25) is 10.1 Å². The van der Waals surface area contributed by atoms with Crippen LogP contribution in [0.5, 0.6) is 0 Å². The maximum atomic E-state index is 11.6. The maximum absolute atomic E-state index is 11.6. The van der Waals surface area contributed by atoms with Crippen LogP contribution in [0.3, 0.4) is 0 Å². The fourth-order valence-corrected chi connectivity index (χ4v) is 2.53. The van der Waals surface area contributed by atoms with E-state index in [1.807, 2.05) is 4.90 Å². The van der Waals surface area contributed by atoms with Crippen molar-refractivity contribution in [3.63, 3.8) is 0 Å². The molecule has 2 aliphatic heterocycles. The van der Waals surface area contributed by atoms with Crippen molar-refractivity contribution >= 4 is 5.91 Å². The number of likely N-dealkylation sites (N-methyl/N-ethyl adjacent to an activating group) is 1. The van der Waals surface area contributed by atoms with Gasteiger partial charge in [-0.15, -0.1) is 0 Å². The molecule has 2 heterocycles. The molecule has 1 N–H and O–H groups in total. The normalized spacial score (nSPS) is 35.3. The van der Waals surface area contributed by atoms with Crippen molar-refractivity contribution in [1.82, 2.24) is 15.1 Å². The molecule has 0 bridgehead atoms. The zero-order chi connectivity index (χ0) is 10.1. The predicted octanol–water partition coefficient (Wildman–Crippen LogP) is -0.142. The number of carbonyl (C=O) groups is 1. The van der Waals surface area contributed by atoms with Gasteiger partial charge in [0.05, 0.1) is 12.7 Å². The Morgan fingerprint density at radius 2 is 2.29 bits per heavy atom. The molecule has 0 saturated carbocycles. The topological polar surface area (TPSA) is 35.6 Å². The Labute approximate surface area is 85.2 Å². The highest BCUT2D eigenvalue weighted by molar-refractivity contribution is 5.80. The molecule has 2 fully saturated rings. The third-order valence-electron chi connectivity index (χ3n) is 3.25. The minimum Gasteiger partial charge on any atom is -0.322 e. The first-order chi connectivity index (χ1) is 6.68. The second kappa shape index (κ2) is 3.87. The Bertz CT molecular complexity index is 231. The van der Waals surface area contributed by atoms with Crippen LogP contribution in [0, 0.1) is 0 Å². The SMILES string of the molecule is CC1NCC(=O)N1C1CCCN(C)C1. The van der Waals surface area contributed by atoms with Gasteiger partial charge in [-0.05, 0) is 33.4 Å². The van der Waals surface area contributed by atoms with Crippen LogP contribution in [-0.4, -0.2) is 54.6 Å². The van der Waals surface area contributed by atoms with Crippen LogP contribution in [0.2, 0.25) is 0 Å². The lowest BCUT2D eigenvalue weighted by molar-refractivity contribution is -0.131. The summed E-state index contributed by atoms with van der Waals surface area (Å²) in [5, 5.41) is 3.19. The highest BCUT2D eigenvalue weighted by Crippen LogP contribution is 2.18. The molecule has 1 amide bonds. The summed E-state index contributed by atoms with van der Waals surface area (Å²) in [5.74, 6) is 0.262. The van der Waals surface area contributed by atoms with E-state index in [0.717, 1.165) is 13.0 Å². The number of likely N-dealkylation sites (tertiary alicyclic amines) is 1. The molecule has 0 spiro atoms. The fraction of sp³-hybridized carbons (Fsp3) is 0.900. The van der Waals surface area contributed by atoms with E-state index in [4.69, 9.17) is 0 Å². The monoisotopic (exact) mass is 197 g/mol. The lowest BCUT2D eigenvalue weighted by Gasteiger charge is -2.37. The summed E-state index contributed by atoms with van der Waals surface area (Å²) in [7, 11) is 2.13. The van der Waals surface area contributed by atoms with E-state index in [-0.39, 0.29) is 12.1 Å². The van der Waals surface area contributed by atoms with Crippen LogP contribution in [0.4, 0.5) is 0 Å². The summed E-state index contributed by atoms with van der Waals surface area (Å²) in [6.45, 7) is 4.78. The van der Waals surface area contributed by atoms with Gasteiger partial charge in [0, 0.05) is 12.6 Å².